The van der Waals surface area contributed by atoms with Crippen molar-refractivity contribution in [2.24, 2.45) is 0 Å². The van der Waals surface area contributed by atoms with Gasteiger partial charge in [0, 0.05) is 11.6 Å². The molecule has 0 aliphatic heterocycles. The lowest BCUT2D eigenvalue weighted by Crippen LogP contribution is -2.12. The van der Waals surface area contributed by atoms with Crippen LogP contribution in [0, 0.1) is 0 Å². The van der Waals surface area contributed by atoms with Gasteiger partial charge < -0.3 is 19.9 Å². The summed E-state index contributed by atoms with van der Waals surface area (Å²) < 4.78 is 10.3. The van der Waals surface area contributed by atoms with Crippen LogP contribution in [0.5, 0.6) is 17.2 Å². The number of hydrogen-bond donors (Lipinski definition) is 2. The summed E-state index contributed by atoms with van der Waals surface area (Å²) in [7, 11) is 3.07. The molecule has 0 aromatic heterocycles. The lowest BCUT2D eigenvalue weighted by atomic mass is 10.2. The number of ether oxygens (including phenoxy) is 2. The first-order valence-corrected chi connectivity index (χ1v) is 5.96. The molecular weight excluding hydrogens is 258 g/mol. The van der Waals surface area contributed by atoms with Gasteiger partial charge in [-0.15, -0.1) is 0 Å². The van der Waals surface area contributed by atoms with E-state index in [0.717, 1.165) is 0 Å². The number of amides is 1. The Labute approximate surface area is 116 Å². The van der Waals surface area contributed by atoms with Gasteiger partial charge in [0.05, 0.1) is 19.9 Å². The number of carbonyl (C=O) groups excluding carboxylic acids is 1. The molecule has 0 saturated carbocycles. The molecule has 0 fully saturated rings. The van der Waals surface area contributed by atoms with Crippen molar-refractivity contribution in [3.05, 3.63) is 48.0 Å². The lowest BCUT2D eigenvalue weighted by molar-refractivity contribution is 0.102. The maximum absolute atomic E-state index is 12.1. The molecule has 2 aromatic carbocycles. The summed E-state index contributed by atoms with van der Waals surface area (Å²) in [6.45, 7) is 0. The quantitative estimate of drug-likeness (QED) is 0.898. The number of anilines is 1. The van der Waals surface area contributed by atoms with Crippen LogP contribution in [-0.4, -0.2) is 25.2 Å². The molecule has 0 heterocycles. The van der Waals surface area contributed by atoms with Gasteiger partial charge in [0.2, 0.25) is 0 Å². The van der Waals surface area contributed by atoms with E-state index in [1.165, 1.54) is 19.2 Å². The van der Waals surface area contributed by atoms with Crippen molar-refractivity contribution in [1.29, 1.82) is 0 Å². The highest BCUT2D eigenvalue weighted by molar-refractivity contribution is 6.05. The van der Waals surface area contributed by atoms with Crippen molar-refractivity contribution >= 4 is 11.6 Å². The van der Waals surface area contributed by atoms with Crippen LogP contribution in [0.2, 0.25) is 0 Å². The molecule has 5 nitrogen and oxygen atoms in total. The summed E-state index contributed by atoms with van der Waals surface area (Å²) in [6, 6.07) is 11.2. The van der Waals surface area contributed by atoms with Gasteiger partial charge in [0.25, 0.3) is 5.91 Å². The molecule has 0 bridgehead atoms. The van der Waals surface area contributed by atoms with E-state index in [-0.39, 0.29) is 11.7 Å². The first-order chi connectivity index (χ1) is 9.63. The molecule has 0 spiro atoms. The van der Waals surface area contributed by atoms with E-state index < -0.39 is 0 Å². The van der Waals surface area contributed by atoms with Crippen LogP contribution in [0.25, 0.3) is 0 Å². The van der Waals surface area contributed by atoms with Gasteiger partial charge >= 0.3 is 0 Å². The smallest absolute Gasteiger partial charge is 0.255 e. The summed E-state index contributed by atoms with van der Waals surface area (Å²) >= 11 is 0. The molecule has 0 aliphatic carbocycles. The highest BCUT2D eigenvalue weighted by Crippen LogP contribution is 2.29. The lowest BCUT2D eigenvalue weighted by Gasteiger charge is -2.11. The topological polar surface area (TPSA) is 67.8 Å². The van der Waals surface area contributed by atoms with Gasteiger partial charge in [-0.05, 0) is 30.3 Å². The number of phenolic OH excluding ortho intramolecular Hbond substituents is 1. The molecule has 0 unspecified atom stereocenters. The molecule has 2 aromatic rings. The SMILES string of the molecule is COc1ccc(NC(=O)c2cccc(O)c2)c(OC)c1. The zero-order valence-electron chi connectivity index (χ0n) is 11.2. The van der Waals surface area contributed by atoms with Gasteiger partial charge in [-0.25, -0.2) is 0 Å². The standard InChI is InChI=1S/C15H15NO4/c1-19-12-6-7-13(14(9-12)20-2)16-15(18)10-4-3-5-11(17)8-10/h3-9,17H,1-2H3,(H,16,18). The molecular formula is C15H15NO4. The predicted molar refractivity (Wildman–Crippen MR) is 75.6 cm³/mol. The van der Waals surface area contributed by atoms with Crippen molar-refractivity contribution in [2.75, 3.05) is 19.5 Å². The molecule has 0 radical (unpaired) electrons. The molecule has 20 heavy (non-hydrogen) atoms. The van der Waals surface area contributed by atoms with E-state index in [0.29, 0.717) is 22.7 Å². The average Bonchev–Trinajstić information content (AvgIpc) is 2.47. The minimum Gasteiger partial charge on any atom is -0.508 e. The fourth-order valence-corrected chi connectivity index (χ4v) is 1.74. The first kappa shape index (κ1) is 13.7. The summed E-state index contributed by atoms with van der Waals surface area (Å²) in [5, 5.41) is 12.1. The average molecular weight is 273 g/mol. The fourth-order valence-electron chi connectivity index (χ4n) is 1.74. The van der Waals surface area contributed by atoms with Crippen molar-refractivity contribution in [2.45, 2.75) is 0 Å². The maximum atomic E-state index is 12.1. The zero-order valence-corrected chi connectivity index (χ0v) is 11.2. The normalized spacial score (nSPS) is 9.90. The van der Waals surface area contributed by atoms with E-state index in [1.807, 2.05) is 0 Å². The molecule has 0 saturated heterocycles. The van der Waals surface area contributed by atoms with Crippen LogP contribution >= 0.6 is 0 Å². The minimum absolute atomic E-state index is 0.0411. The predicted octanol–water partition coefficient (Wildman–Crippen LogP) is 2.66. The zero-order chi connectivity index (χ0) is 14.5. The highest BCUT2D eigenvalue weighted by atomic mass is 16.5. The number of carbonyl (C=O) groups is 1. The van der Waals surface area contributed by atoms with Crippen LogP contribution in [0.1, 0.15) is 10.4 Å². The molecule has 0 aliphatic rings. The van der Waals surface area contributed by atoms with Crippen molar-refractivity contribution < 1.29 is 19.4 Å². The fraction of sp³-hybridized carbons (Fsp3) is 0.133. The Kier molecular flexibility index (Phi) is 4.10. The Balaban J connectivity index is 2.23. The second-order valence-electron chi connectivity index (χ2n) is 4.07. The van der Waals surface area contributed by atoms with Crippen LogP contribution in [0.15, 0.2) is 42.5 Å². The number of methoxy groups -OCH3 is 2. The van der Waals surface area contributed by atoms with Crippen molar-refractivity contribution in [1.82, 2.24) is 0 Å². The Hall–Kier alpha value is -2.69. The number of phenols is 1. The third-order valence-corrected chi connectivity index (χ3v) is 2.77. The van der Waals surface area contributed by atoms with Gasteiger partial charge in [-0.3, -0.25) is 4.79 Å². The number of nitrogens with one attached hydrogen (secondary N) is 1. The van der Waals surface area contributed by atoms with E-state index in [9.17, 15) is 9.90 Å². The van der Waals surface area contributed by atoms with Crippen molar-refractivity contribution in [3.8, 4) is 17.2 Å². The van der Waals surface area contributed by atoms with E-state index in [2.05, 4.69) is 5.32 Å². The van der Waals surface area contributed by atoms with Gasteiger partial charge in [0.1, 0.15) is 17.2 Å². The molecule has 0 atom stereocenters. The number of benzene rings is 2. The highest BCUT2D eigenvalue weighted by Gasteiger charge is 2.11. The summed E-state index contributed by atoms with van der Waals surface area (Å²) in [5.74, 6) is 0.846. The molecule has 2 rings (SSSR count). The first-order valence-electron chi connectivity index (χ1n) is 5.96. The number of rotatable bonds is 4. The number of hydrogen-bond acceptors (Lipinski definition) is 4. The Morgan fingerprint density at radius 1 is 1.10 bits per heavy atom. The van der Waals surface area contributed by atoms with Gasteiger partial charge in [-0.2, -0.15) is 0 Å². The monoisotopic (exact) mass is 273 g/mol. The maximum Gasteiger partial charge on any atom is 0.255 e. The van der Waals surface area contributed by atoms with Gasteiger partial charge in [0.15, 0.2) is 0 Å². The molecule has 2 N–H and O–H groups in total. The van der Waals surface area contributed by atoms with Crippen LogP contribution in [-0.2, 0) is 0 Å². The minimum atomic E-state index is -0.329. The Morgan fingerprint density at radius 2 is 1.90 bits per heavy atom. The second-order valence-corrected chi connectivity index (χ2v) is 4.07. The second kappa shape index (κ2) is 5.97. The van der Waals surface area contributed by atoms with E-state index in [1.54, 1.807) is 37.4 Å². The van der Waals surface area contributed by atoms with Crippen molar-refractivity contribution in [3.63, 3.8) is 0 Å². The van der Waals surface area contributed by atoms with Crippen LogP contribution < -0.4 is 14.8 Å². The molecule has 1 amide bonds. The Bertz CT molecular complexity index is 625. The molecule has 104 valence electrons. The largest absolute Gasteiger partial charge is 0.508 e. The number of aromatic hydroxyl groups is 1. The molecule has 5 heteroatoms. The Morgan fingerprint density at radius 3 is 2.55 bits per heavy atom. The van der Waals surface area contributed by atoms with Crippen LogP contribution in [0.4, 0.5) is 5.69 Å². The summed E-state index contributed by atoms with van der Waals surface area (Å²) in [4.78, 5) is 12.1. The van der Waals surface area contributed by atoms with Gasteiger partial charge in [-0.1, -0.05) is 6.07 Å². The van der Waals surface area contributed by atoms with E-state index in [4.69, 9.17) is 9.47 Å². The van der Waals surface area contributed by atoms with E-state index >= 15 is 0 Å². The van der Waals surface area contributed by atoms with Crippen LogP contribution in [0.3, 0.4) is 0 Å². The summed E-state index contributed by atoms with van der Waals surface area (Å²) in [6.07, 6.45) is 0. The summed E-state index contributed by atoms with van der Waals surface area (Å²) in [5.41, 5.74) is 0.893. The third kappa shape index (κ3) is 3.00. The third-order valence-electron chi connectivity index (χ3n) is 2.77.